The molecule has 1 aromatic heterocycles. The summed E-state index contributed by atoms with van der Waals surface area (Å²) >= 11 is 1.69. The smallest absolute Gasteiger partial charge is 0.226 e. The minimum atomic E-state index is 0.0988. The van der Waals surface area contributed by atoms with Crippen LogP contribution in [0.15, 0.2) is 5.38 Å². The number of carbonyl (C=O) groups is 1. The Labute approximate surface area is 120 Å². The number of nitrogens with zero attached hydrogens (tertiary/aromatic N) is 2. The molecule has 1 aromatic rings. The summed E-state index contributed by atoms with van der Waals surface area (Å²) in [5.74, 6) is 0.794. The molecule has 1 aliphatic heterocycles. The predicted molar refractivity (Wildman–Crippen MR) is 79.2 cm³/mol. The van der Waals surface area contributed by atoms with Gasteiger partial charge < -0.3 is 4.90 Å². The molecule has 2 heterocycles. The fourth-order valence-corrected chi connectivity index (χ4v) is 3.47. The Morgan fingerprint density at radius 3 is 2.74 bits per heavy atom. The van der Waals surface area contributed by atoms with Gasteiger partial charge in [-0.05, 0) is 32.1 Å². The van der Waals surface area contributed by atoms with E-state index in [4.69, 9.17) is 0 Å². The van der Waals surface area contributed by atoms with Gasteiger partial charge in [0.1, 0.15) is 5.01 Å². The lowest BCUT2D eigenvalue weighted by Crippen LogP contribution is -2.42. The molecular weight excluding hydrogens is 256 g/mol. The lowest BCUT2D eigenvalue weighted by Gasteiger charge is -2.37. The number of rotatable bonds is 3. The Hall–Kier alpha value is -0.900. The van der Waals surface area contributed by atoms with Gasteiger partial charge in [-0.15, -0.1) is 11.3 Å². The number of hydrogen-bond acceptors (Lipinski definition) is 3. The van der Waals surface area contributed by atoms with Crippen LogP contribution in [0.2, 0.25) is 0 Å². The first-order valence-electron chi connectivity index (χ1n) is 7.23. The molecule has 0 aliphatic carbocycles. The Balaban J connectivity index is 2.18. The van der Waals surface area contributed by atoms with E-state index >= 15 is 0 Å². The zero-order chi connectivity index (χ0) is 14.0. The SMILES string of the molecule is Cc1csc([C@H]2CCCCN2C(=O)[C@@H](C)C(C)C)n1. The highest BCUT2D eigenvalue weighted by Gasteiger charge is 2.32. The van der Waals surface area contributed by atoms with Crippen LogP contribution < -0.4 is 0 Å². The van der Waals surface area contributed by atoms with Gasteiger partial charge in [-0.2, -0.15) is 0 Å². The average Bonchev–Trinajstić information content (AvgIpc) is 2.83. The molecule has 1 amide bonds. The second-order valence-corrected chi connectivity index (χ2v) is 6.79. The van der Waals surface area contributed by atoms with Crippen LogP contribution in [0, 0.1) is 18.8 Å². The Morgan fingerprint density at radius 2 is 2.16 bits per heavy atom. The van der Waals surface area contributed by atoms with Crippen LogP contribution in [0.4, 0.5) is 0 Å². The van der Waals surface area contributed by atoms with E-state index in [0.29, 0.717) is 11.8 Å². The van der Waals surface area contributed by atoms with Crippen LogP contribution in [0.3, 0.4) is 0 Å². The molecule has 0 N–H and O–H groups in total. The standard InChI is InChI=1S/C15H24N2OS/c1-10(2)12(4)15(18)17-8-6-5-7-13(17)14-16-11(3)9-19-14/h9-10,12-13H,5-8H2,1-4H3/t12-,13+/m0/s1. The van der Waals surface area contributed by atoms with E-state index in [0.717, 1.165) is 30.1 Å². The summed E-state index contributed by atoms with van der Waals surface area (Å²) in [6.45, 7) is 9.20. The first-order chi connectivity index (χ1) is 9.00. The minimum absolute atomic E-state index is 0.0988. The normalized spacial score (nSPS) is 21.7. The number of hydrogen-bond donors (Lipinski definition) is 0. The van der Waals surface area contributed by atoms with Crippen molar-refractivity contribution in [3.05, 3.63) is 16.1 Å². The monoisotopic (exact) mass is 280 g/mol. The summed E-state index contributed by atoms with van der Waals surface area (Å²) in [5, 5.41) is 3.19. The summed E-state index contributed by atoms with van der Waals surface area (Å²) in [7, 11) is 0. The molecule has 106 valence electrons. The van der Waals surface area contributed by atoms with Crippen LogP contribution in [0.1, 0.15) is 56.8 Å². The molecule has 19 heavy (non-hydrogen) atoms. The van der Waals surface area contributed by atoms with Crippen LogP contribution in [0.5, 0.6) is 0 Å². The van der Waals surface area contributed by atoms with Gasteiger partial charge >= 0.3 is 0 Å². The molecule has 0 bridgehead atoms. The quantitative estimate of drug-likeness (QED) is 0.844. The highest BCUT2D eigenvalue weighted by atomic mass is 32.1. The summed E-state index contributed by atoms with van der Waals surface area (Å²) in [4.78, 5) is 19.3. The highest BCUT2D eigenvalue weighted by molar-refractivity contribution is 7.09. The van der Waals surface area contributed by atoms with E-state index in [1.54, 1.807) is 11.3 Å². The summed E-state index contributed by atoms with van der Waals surface area (Å²) in [6.07, 6.45) is 3.38. The van der Waals surface area contributed by atoms with E-state index in [1.165, 1.54) is 6.42 Å². The molecule has 1 saturated heterocycles. The molecule has 2 atom stereocenters. The van der Waals surface area contributed by atoms with Gasteiger partial charge in [0.2, 0.25) is 5.91 Å². The molecule has 0 spiro atoms. The van der Waals surface area contributed by atoms with Gasteiger partial charge in [0.15, 0.2) is 0 Å². The zero-order valence-electron chi connectivity index (χ0n) is 12.3. The first kappa shape index (κ1) is 14.5. The molecule has 1 fully saturated rings. The minimum Gasteiger partial charge on any atom is -0.333 e. The van der Waals surface area contributed by atoms with Gasteiger partial charge in [-0.3, -0.25) is 4.79 Å². The van der Waals surface area contributed by atoms with Crippen LogP contribution >= 0.6 is 11.3 Å². The largest absolute Gasteiger partial charge is 0.333 e. The van der Waals surface area contributed by atoms with E-state index in [1.807, 2.05) is 13.8 Å². The van der Waals surface area contributed by atoms with Crippen molar-refractivity contribution in [2.75, 3.05) is 6.54 Å². The van der Waals surface area contributed by atoms with Crippen LogP contribution in [-0.2, 0) is 4.79 Å². The lowest BCUT2D eigenvalue weighted by molar-refractivity contribution is -0.140. The molecule has 2 rings (SSSR count). The third kappa shape index (κ3) is 3.16. The lowest BCUT2D eigenvalue weighted by atomic mass is 9.93. The summed E-state index contributed by atoms with van der Waals surface area (Å²) < 4.78 is 0. The molecule has 0 unspecified atom stereocenters. The van der Waals surface area contributed by atoms with Crippen molar-refractivity contribution >= 4 is 17.2 Å². The summed E-state index contributed by atoms with van der Waals surface area (Å²) in [6, 6.07) is 0.209. The number of carbonyl (C=O) groups excluding carboxylic acids is 1. The second kappa shape index (κ2) is 6.04. The summed E-state index contributed by atoms with van der Waals surface area (Å²) in [5.41, 5.74) is 1.06. The maximum atomic E-state index is 12.6. The molecular formula is C15H24N2OS. The van der Waals surface area contributed by atoms with E-state index in [9.17, 15) is 4.79 Å². The van der Waals surface area contributed by atoms with Crippen molar-refractivity contribution < 1.29 is 4.79 Å². The third-order valence-electron chi connectivity index (χ3n) is 4.10. The Kier molecular flexibility index (Phi) is 4.61. The van der Waals surface area contributed by atoms with Gasteiger partial charge in [0, 0.05) is 23.5 Å². The molecule has 4 heteroatoms. The predicted octanol–water partition coefficient (Wildman–Crippen LogP) is 3.80. The average molecular weight is 280 g/mol. The maximum absolute atomic E-state index is 12.6. The highest BCUT2D eigenvalue weighted by Crippen LogP contribution is 2.34. The molecule has 3 nitrogen and oxygen atoms in total. The maximum Gasteiger partial charge on any atom is 0.226 e. The van der Waals surface area contributed by atoms with E-state index in [2.05, 4.69) is 29.1 Å². The number of amides is 1. The van der Waals surface area contributed by atoms with Crippen molar-refractivity contribution in [2.24, 2.45) is 11.8 Å². The van der Waals surface area contributed by atoms with Crippen molar-refractivity contribution in [2.45, 2.75) is 53.0 Å². The third-order valence-corrected chi connectivity index (χ3v) is 5.16. The number of likely N-dealkylation sites (tertiary alicyclic amines) is 1. The van der Waals surface area contributed by atoms with E-state index in [-0.39, 0.29) is 12.0 Å². The van der Waals surface area contributed by atoms with Crippen molar-refractivity contribution in [1.82, 2.24) is 9.88 Å². The van der Waals surface area contributed by atoms with Gasteiger partial charge in [-0.25, -0.2) is 4.98 Å². The fourth-order valence-electron chi connectivity index (χ4n) is 2.52. The number of thiazole rings is 1. The second-order valence-electron chi connectivity index (χ2n) is 5.90. The Bertz CT molecular complexity index is 441. The van der Waals surface area contributed by atoms with Gasteiger partial charge in [0.05, 0.1) is 6.04 Å². The topological polar surface area (TPSA) is 33.2 Å². The molecule has 0 aromatic carbocycles. The van der Waals surface area contributed by atoms with Crippen LogP contribution in [-0.4, -0.2) is 22.3 Å². The van der Waals surface area contributed by atoms with E-state index < -0.39 is 0 Å². The first-order valence-corrected chi connectivity index (χ1v) is 8.11. The number of aromatic nitrogens is 1. The van der Waals surface area contributed by atoms with Crippen LogP contribution in [0.25, 0.3) is 0 Å². The number of aryl methyl sites for hydroxylation is 1. The zero-order valence-corrected chi connectivity index (χ0v) is 13.2. The molecule has 0 saturated carbocycles. The molecule has 1 aliphatic rings. The Morgan fingerprint density at radius 1 is 1.42 bits per heavy atom. The van der Waals surface area contributed by atoms with Crippen molar-refractivity contribution in [3.8, 4) is 0 Å². The van der Waals surface area contributed by atoms with Gasteiger partial charge in [0.25, 0.3) is 0 Å². The van der Waals surface area contributed by atoms with Crippen molar-refractivity contribution in [1.29, 1.82) is 0 Å². The van der Waals surface area contributed by atoms with Crippen molar-refractivity contribution in [3.63, 3.8) is 0 Å². The number of piperidine rings is 1. The van der Waals surface area contributed by atoms with Gasteiger partial charge in [-0.1, -0.05) is 20.8 Å². The molecule has 0 radical (unpaired) electrons. The fraction of sp³-hybridized carbons (Fsp3) is 0.733.